The van der Waals surface area contributed by atoms with E-state index in [4.69, 9.17) is 4.74 Å². The highest BCUT2D eigenvalue weighted by Crippen LogP contribution is 2.07. The van der Waals surface area contributed by atoms with Gasteiger partial charge in [0.1, 0.15) is 11.6 Å². The van der Waals surface area contributed by atoms with Gasteiger partial charge in [0.05, 0.1) is 13.7 Å². The van der Waals surface area contributed by atoms with Crippen LogP contribution in [0.4, 0.5) is 4.79 Å². The highest BCUT2D eigenvalue weighted by molar-refractivity contribution is 5.97. The lowest BCUT2D eigenvalue weighted by atomic mass is 10.1. The van der Waals surface area contributed by atoms with E-state index < -0.39 is 29.6 Å². The van der Waals surface area contributed by atoms with E-state index >= 15 is 0 Å². The summed E-state index contributed by atoms with van der Waals surface area (Å²) in [5, 5.41) is 5.05. The Labute approximate surface area is 206 Å². The van der Waals surface area contributed by atoms with E-state index in [2.05, 4.69) is 32.8 Å². The van der Waals surface area contributed by atoms with Crippen LogP contribution in [0.25, 0.3) is 6.08 Å². The highest BCUT2D eigenvalue weighted by atomic mass is 16.6. The number of carbonyl (C=O) groups excluding carboxylic acids is 3. The Hall–Kier alpha value is -4.09. The smallest absolute Gasteiger partial charge is 0.407 e. The molecule has 8 heteroatoms. The van der Waals surface area contributed by atoms with Gasteiger partial charge in [-0.1, -0.05) is 41.7 Å². The van der Waals surface area contributed by atoms with Gasteiger partial charge >= 0.3 is 6.09 Å². The molecule has 35 heavy (non-hydrogen) atoms. The van der Waals surface area contributed by atoms with Crippen molar-refractivity contribution in [3.05, 3.63) is 76.9 Å². The van der Waals surface area contributed by atoms with Crippen molar-refractivity contribution in [3.63, 3.8) is 0 Å². The molecular formula is C27H31N3O5. The number of nitrogens with one attached hydrogen (secondary N) is 3. The van der Waals surface area contributed by atoms with Crippen LogP contribution in [0.5, 0.6) is 0 Å². The van der Waals surface area contributed by atoms with Crippen LogP contribution in [-0.4, -0.2) is 43.2 Å². The van der Waals surface area contributed by atoms with Crippen molar-refractivity contribution in [2.24, 2.45) is 0 Å². The van der Waals surface area contributed by atoms with Crippen molar-refractivity contribution in [3.8, 4) is 11.8 Å². The molecule has 0 aliphatic carbocycles. The van der Waals surface area contributed by atoms with E-state index in [-0.39, 0.29) is 6.54 Å². The number of ether oxygens (including phenoxy) is 1. The Morgan fingerprint density at radius 3 is 2.29 bits per heavy atom. The Balaban J connectivity index is 1.99. The van der Waals surface area contributed by atoms with E-state index in [1.807, 2.05) is 37.3 Å². The summed E-state index contributed by atoms with van der Waals surface area (Å²) in [5.74, 6) is 4.86. The average Bonchev–Trinajstić information content (AvgIpc) is 2.80. The molecule has 0 aliphatic heterocycles. The van der Waals surface area contributed by atoms with Crippen molar-refractivity contribution < 1.29 is 24.0 Å². The first kappa shape index (κ1) is 27.2. The predicted molar refractivity (Wildman–Crippen MR) is 134 cm³/mol. The van der Waals surface area contributed by atoms with Crippen molar-refractivity contribution in [2.45, 2.75) is 39.3 Å². The van der Waals surface area contributed by atoms with Crippen LogP contribution in [0.3, 0.4) is 0 Å². The van der Waals surface area contributed by atoms with Crippen molar-refractivity contribution in [1.29, 1.82) is 0 Å². The van der Waals surface area contributed by atoms with Crippen molar-refractivity contribution >= 4 is 24.0 Å². The number of hydrogen-bond donors (Lipinski definition) is 3. The summed E-state index contributed by atoms with van der Waals surface area (Å²) in [5.41, 5.74) is 4.78. The van der Waals surface area contributed by atoms with Crippen LogP contribution in [0.15, 0.2) is 54.6 Å². The summed E-state index contributed by atoms with van der Waals surface area (Å²) in [6.45, 7) is 7.01. The first-order valence-electron chi connectivity index (χ1n) is 11.0. The molecule has 1 unspecified atom stereocenters. The molecule has 0 saturated carbocycles. The van der Waals surface area contributed by atoms with Gasteiger partial charge in [0.25, 0.3) is 11.8 Å². The Bertz CT molecular complexity index is 1100. The van der Waals surface area contributed by atoms with Crippen LogP contribution < -0.4 is 16.1 Å². The van der Waals surface area contributed by atoms with E-state index in [0.29, 0.717) is 5.56 Å². The molecule has 1 atom stereocenters. The number of aryl methyl sites for hydroxylation is 1. The fourth-order valence-corrected chi connectivity index (χ4v) is 2.77. The maximum atomic E-state index is 12.7. The second-order valence-electron chi connectivity index (χ2n) is 8.67. The molecule has 0 radical (unpaired) electrons. The fourth-order valence-electron chi connectivity index (χ4n) is 2.77. The lowest BCUT2D eigenvalue weighted by Gasteiger charge is -2.22. The molecule has 0 saturated heterocycles. The summed E-state index contributed by atoms with van der Waals surface area (Å²) in [6, 6.07) is 13.7. The van der Waals surface area contributed by atoms with Gasteiger partial charge in [-0.05, 0) is 69.7 Å². The molecule has 3 N–H and O–H groups in total. The molecule has 3 amide bonds. The normalized spacial score (nSPS) is 11.7. The molecule has 0 spiro atoms. The Morgan fingerprint density at radius 2 is 1.69 bits per heavy atom. The number of allylic oxidation sites excluding steroid dienone is 1. The van der Waals surface area contributed by atoms with Crippen LogP contribution in [-0.2, 0) is 14.4 Å². The van der Waals surface area contributed by atoms with Gasteiger partial charge < -0.3 is 15.4 Å². The molecular weight excluding hydrogens is 446 g/mol. The summed E-state index contributed by atoms with van der Waals surface area (Å²) < 4.78 is 5.16. The largest absolute Gasteiger partial charge is 0.444 e. The van der Waals surface area contributed by atoms with E-state index in [9.17, 15) is 14.4 Å². The van der Waals surface area contributed by atoms with E-state index in [0.717, 1.165) is 11.1 Å². The zero-order chi connectivity index (χ0) is 25.8. The second-order valence-corrected chi connectivity index (χ2v) is 8.67. The van der Waals surface area contributed by atoms with Gasteiger partial charge in [-0.2, -0.15) is 0 Å². The maximum absolute atomic E-state index is 12.7. The van der Waals surface area contributed by atoms with Gasteiger partial charge in [0.15, 0.2) is 0 Å². The molecule has 0 bridgehead atoms. The summed E-state index contributed by atoms with van der Waals surface area (Å²) >= 11 is 0. The maximum Gasteiger partial charge on any atom is 0.407 e. The number of amides is 3. The third-order valence-corrected chi connectivity index (χ3v) is 4.47. The van der Waals surface area contributed by atoms with Gasteiger partial charge in [-0.3, -0.25) is 14.4 Å². The SMILES string of the molecule is CONC(=O)C(CNC(=O)OC(C)(C)C)NC(=O)c1ccc(C#C/C=C/c2ccc(C)cc2)cc1. The third kappa shape index (κ3) is 10.2. The summed E-state index contributed by atoms with van der Waals surface area (Å²) in [6.07, 6.45) is 2.98. The van der Waals surface area contributed by atoms with Gasteiger partial charge in [-0.25, -0.2) is 10.3 Å². The van der Waals surface area contributed by atoms with Crippen molar-refractivity contribution in [1.82, 2.24) is 16.1 Å². The molecule has 2 aromatic rings. The number of hydroxylamine groups is 1. The van der Waals surface area contributed by atoms with Crippen LogP contribution >= 0.6 is 0 Å². The standard InChI is InChI=1S/C27H31N3O5/c1-19-10-12-20(13-11-19)8-6-7-9-21-14-16-22(17-15-21)24(31)29-23(25(32)30-34-5)18-28-26(33)35-27(2,3)4/h6,8,10-17,23H,18H2,1-5H3,(H,28,33)(H,29,31)(H,30,32)/b8-6+. The highest BCUT2D eigenvalue weighted by Gasteiger charge is 2.24. The fraction of sp³-hybridized carbons (Fsp3) is 0.296. The molecule has 0 fully saturated rings. The topological polar surface area (TPSA) is 106 Å². The quantitative estimate of drug-likeness (QED) is 0.419. The first-order valence-corrected chi connectivity index (χ1v) is 11.0. The Kier molecular flexibility index (Phi) is 10.1. The number of rotatable bonds is 7. The van der Waals surface area contributed by atoms with Gasteiger partial charge in [0, 0.05) is 11.1 Å². The molecule has 0 aromatic heterocycles. The first-order chi connectivity index (χ1) is 16.6. The number of benzene rings is 2. The minimum absolute atomic E-state index is 0.188. The summed E-state index contributed by atoms with van der Waals surface area (Å²) in [4.78, 5) is 41.5. The van der Waals surface area contributed by atoms with Crippen LogP contribution in [0.1, 0.15) is 47.8 Å². The predicted octanol–water partition coefficient (Wildman–Crippen LogP) is 3.36. The van der Waals surface area contributed by atoms with Crippen molar-refractivity contribution in [2.75, 3.05) is 13.7 Å². The molecule has 0 heterocycles. The number of hydrogen-bond acceptors (Lipinski definition) is 5. The lowest BCUT2D eigenvalue weighted by Crippen LogP contribution is -2.52. The van der Waals surface area contributed by atoms with E-state index in [1.165, 1.54) is 12.7 Å². The minimum Gasteiger partial charge on any atom is -0.444 e. The molecule has 184 valence electrons. The molecule has 8 nitrogen and oxygen atoms in total. The van der Waals surface area contributed by atoms with Crippen LogP contribution in [0, 0.1) is 18.8 Å². The van der Waals surface area contributed by atoms with Gasteiger partial charge in [-0.15, -0.1) is 0 Å². The monoisotopic (exact) mass is 477 g/mol. The second kappa shape index (κ2) is 13.0. The number of alkyl carbamates (subject to hydrolysis) is 1. The molecule has 2 rings (SSSR count). The van der Waals surface area contributed by atoms with Gasteiger partial charge in [0.2, 0.25) is 0 Å². The summed E-state index contributed by atoms with van der Waals surface area (Å²) in [7, 11) is 1.27. The number of carbonyl (C=O) groups is 3. The molecule has 2 aromatic carbocycles. The third-order valence-electron chi connectivity index (χ3n) is 4.47. The Morgan fingerprint density at radius 1 is 1.03 bits per heavy atom. The lowest BCUT2D eigenvalue weighted by molar-refractivity contribution is -0.133. The van der Waals surface area contributed by atoms with E-state index in [1.54, 1.807) is 51.1 Å². The minimum atomic E-state index is -1.08. The zero-order valence-electron chi connectivity index (χ0n) is 20.6. The average molecular weight is 478 g/mol. The molecule has 0 aliphatic rings. The zero-order valence-corrected chi connectivity index (χ0v) is 20.6. The van der Waals surface area contributed by atoms with Crippen LogP contribution in [0.2, 0.25) is 0 Å².